The number of hydrogen-bond acceptors (Lipinski definition) is 2. The van der Waals surface area contributed by atoms with Crippen LogP contribution < -0.4 is 5.32 Å². The van der Waals surface area contributed by atoms with Crippen molar-refractivity contribution in [2.45, 2.75) is 25.9 Å². The summed E-state index contributed by atoms with van der Waals surface area (Å²) in [6.07, 6.45) is 2.72. The zero-order chi connectivity index (χ0) is 13.8. The second-order valence-electron chi connectivity index (χ2n) is 4.37. The number of aryl methyl sites for hydroxylation is 1. The van der Waals surface area contributed by atoms with Crippen LogP contribution in [0.2, 0.25) is 5.02 Å². The van der Waals surface area contributed by atoms with Crippen LogP contribution in [0.1, 0.15) is 30.6 Å². The molecule has 0 saturated heterocycles. The Labute approximate surface area is 117 Å². The van der Waals surface area contributed by atoms with Crippen molar-refractivity contribution in [1.82, 2.24) is 15.1 Å². The van der Waals surface area contributed by atoms with Gasteiger partial charge in [-0.15, -0.1) is 0 Å². The van der Waals surface area contributed by atoms with E-state index in [0.29, 0.717) is 10.6 Å². The summed E-state index contributed by atoms with van der Waals surface area (Å²) in [5.41, 5.74) is 1.52. The zero-order valence-electron chi connectivity index (χ0n) is 11.0. The molecule has 0 bridgehead atoms. The quantitative estimate of drug-likeness (QED) is 0.910. The first-order valence-electron chi connectivity index (χ1n) is 6.31. The minimum Gasteiger partial charge on any atom is -0.308 e. The van der Waals surface area contributed by atoms with Crippen LogP contribution >= 0.6 is 11.6 Å². The van der Waals surface area contributed by atoms with E-state index in [1.54, 1.807) is 18.3 Å². The predicted octanol–water partition coefficient (Wildman–Crippen LogP) is 3.39. The molecule has 0 saturated carbocycles. The first kappa shape index (κ1) is 14.0. The monoisotopic (exact) mass is 281 g/mol. The van der Waals surface area contributed by atoms with Crippen molar-refractivity contribution in [2.24, 2.45) is 0 Å². The van der Waals surface area contributed by atoms with E-state index in [-0.39, 0.29) is 11.9 Å². The second kappa shape index (κ2) is 6.17. The van der Waals surface area contributed by atoms with E-state index in [1.165, 1.54) is 6.07 Å². The molecule has 0 radical (unpaired) electrons. The Bertz CT molecular complexity index is 553. The largest absolute Gasteiger partial charge is 0.308 e. The van der Waals surface area contributed by atoms with Gasteiger partial charge in [0.15, 0.2) is 0 Å². The van der Waals surface area contributed by atoms with Gasteiger partial charge < -0.3 is 5.32 Å². The summed E-state index contributed by atoms with van der Waals surface area (Å²) >= 11 is 5.79. The third-order valence-electron chi connectivity index (χ3n) is 3.04. The van der Waals surface area contributed by atoms with Gasteiger partial charge in [0.05, 0.1) is 11.7 Å². The van der Waals surface area contributed by atoms with Crippen LogP contribution in [0.5, 0.6) is 0 Å². The van der Waals surface area contributed by atoms with Crippen molar-refractivity contribution in [3.8, 4) is 0 Å². The lowest BCUT2D eigenvalue weighted by atomic mass is 10.0. The maximum atomic E-state index is 14.0. The van der Waals surface area contributed by atoms with Gasteiger partial charge in [-0.2, -0.15) is 5.10 Å². The summed E-state index contributed by atoms with van der Waals surface area (Å²) in [5.74, 6) is -0.309. The number of aromatic nitrogens is 2. The van der Waals surface area contributed by atoms with Gasteiger partial charge in [0.1, 0.15) is 5.82 Å². The Kier molecular flexibility index (Phi) is 4.56. The Morgan fingerprint density at radius 2 is 2.21 bits per heavy atom. The van der Waals surface area contributed by atoms with Gasteiger partial charge in [-0.1, -0.05) is 24.6 Å². The number of nitrogens with one attached hydrogen (secondary N) is 1. The van der Waals surface area contributed by atoms with Gasteiger partial charge in [-0.05, 0) is 31.7 Å². The van der Waals surface area contributed by atoms with Gasteiger partial charge in [-0.3, -0.25) is 4.68 Å². The highest BCUT2D eigenvalue weighted by Crippen LogP contribution is 2.26. The first-order valence-corrected chi connectivity index (χ1v) is 6.69. The van der Waals surface area contributed by atoms with Crippen molar-refractivity contribution >= 4 is 11.6 Å². The van der Waals surface area contributed by atoms with Crippen molar-refractivity contribution in [3.63, 3.8) is 0 Å². The van der Waals surface area contributed by atoms with Crippen molar-refractivity contribution < 1.29 is 4.39 Å². The molecule has 1 heterocycles. The van der Waals surface area contributed by atoms with Crippen molar-refractivity contribution in [2.75, 3.05) is 7.05 Å². The minimum absolute atomic E-state index is 0.230. The Morgan fingerprint density at radius 3 is 2.84 bits per heavy atom. The highest BCUT2D eigenvalue weighted by Gasteiger charge is 2.19. The number of hydrogen-bond donors (Lipinski definition) is 1. The van der Waals surface area contributed by atoms with Crippen LogP contribution in [0.3, 0.4) is 0 Å². The molecule has 1 atom stereocenters. The molecule has 1 aromatic heterocycles. The summed E-state index contributed by atoms with van der Waals surface area (Å²) in [6.45, 7) is 2.90. The number of benzene rings is 1. The molecule has 0 fully saturated rings. The van der Waals surface area contributed by atoms with Gasteiger partial charge >= 0.3 is 0 Å². The summed E-state index contributed by atoms with van der Waals surface area (Å²) in [7, 11) is 1.81. The fourth-order valence-corrected chi connectivity index (χ4v) is 2.34. The third-order valence-corrected chi connectivity index (χ3v) is 3.28. The molecule has 0 amide bonds. The van der Waals surface area contributed by atoms with E-state index >= 15 is 0 Å². The molecule has 1 aromatic carbocycles. The van der Waals surface area contributed by atoms with Gasteiger partial charge in [0, 0.05) is 23.3 Å². The van der Waals surface area contributed by atoms with E-state index in [2.05, 4.69) is 17.3 Å². The highest BCUT2D eigenvalue weighted by molar-refractivity contribution is 6.30. The summed E-state index contributed by atoms with van der Waals surface area (Å²) < 4.78 is 15.9. The molecule has 102 valence electrons. The molecule has 0 aliphatic carbocycles. The molecule has 5 heteroatoms. The minimum atomic E-state index is -0.309. The SMILES string of the molecule is CCCn1nccc1C(NC)c1ccc(Cl)cc1F. The van der Waals surface area contributed by atoms with E-state index in [0.717, 1.165) is 18.7 Å². The number of halogens is 2. The molecule has 2 rings (SSSR count). The fourth-order valence-electron chi connectivity index (χ4n) is 2.19. The van der Waals surface area contributed by atoms with Gasteiger partial charge in [0.25, 0.3) is 0 Å². The van der Waals surface area contributed by atoms with Crippen molar-refractivity contribution in [1.29, 1.82) is 0 Å². The Morgan fingerprint density at radius 1 is 1.42 bits per heavy atom. The van der Waals surface area contributed by atoms with Crippen LogP contribution in [0.15, 0.2) is 30.5 Å². The summed E-state index contributed by atoms with van der Waals surface area (Å²) in [6, 6.07) is 6.42. The molecule has 2 aromatic rings. The molecule has 0 spiro atoms. The predicted molar refractivity (Wildman–Crippen MR) is 74.8 cm³/mol. The lowest BCUT2D eigenvalue weighted by Crippen LogP contribution is -2.22. The molecular formula is C14H17ClFN3. The number of rotatable bonds is 5. The molecule has 0 aliphatic rings. The van der Waals surface area contributed by atoms with E-state index in [1.807, 2.05) is 17.8 Å². The van der Waals surface area contributed by atoms with Crippen LogP contribution in [0.4, 0.5) is 4.39 Å². The van der Waals surface area contributed by atoms with Crippen molar-refractivity contribution in [3.05, 3.63) is 52.6 Å². The standard InChI is InChI=1S/C14H17ClFN3/c1-3-8-19-13(6-7-18-19)14(17-2)11-5-4-10(15)9-12(11)16/h4-7,9,14,17H,3,8H2,1-2H3. The topological polar surface area (TPSA) is 29.9 Å². The maximum Gasteiger partial charge on any atom is 0.129 e. The summed E-state index contributed by atoms with van der Waals surface area (Å²) in [4.78, 5) is 0. The molecule has 0 aliphatic heterocycles. The average molecular weight is 282 g/mol. The van der Waals surface area contributed by atoms with Crippen LogP contribution in [-0.4, -0.2) is 16.8 Å². The molecule has 1 N–H and O–H groups in total. The molecular weight excluding hydrogens is 265 g/mol. The van der Waals surface area contributed by atoms with E-state index in [4.69, 9.17) is 11.6 Å². The lowest BCUT2D eigenvalue weighted by molar-refractivity contribution is 0.516. The first-order chi connectivity index (χ1) is 9.17. The Hall–Kier alpha value is -1.39. The van der Waals surface area contributed by atoms with Gasteiger partial charge in [0.2, 0.25) is 0 Å². The summed E-state index contributed by atoms with van der Waals surface area (Å²) in [5, 5.41) is 7.81. The highest BCUT2D eigenvalue weighted by atomic mass is 35.5. The molecule has 19 heavy (non-hydrogen) atoms. The normalized spacial score (nSPS) is 12.6. The van der Waals surface area contributed by atoms with E-state index < -0.39 is 0 Å². The maximum absolute atomic E-state index is 14.0. The molecule has 3 nitrogen and oxygen atoms in total. The van der Waals surface area contributed by atoms with E-state index in [9.17, 15) is 4.39 Å². The van der Waals surface area contributed by atoms with Crippen LogP contribution in [0, 0.1) is 5.82 Å². The molecule has 1 unspecified atom stereocenters. The van der Waals surface area contributed by atoms with Crippen LogP contribution in [-0.2, 0) is 6.54 Å². The second-order valence-corrected chi connectivity index (χ2v) is 4.80. The average Bonchev–Trinajstić information content (AvgIpc) is 2.82. The van der Waals surface area contributed by atoms with Gasteiger partial charge in [-0.25, -0.2) is 4.39 Å². The lowest BCUT2D eigenvalue weighted by Gasteiger charge is -2.19. The third kappa shape index (κ3) is 2.96. The fraction of sp³-hybridized carbons (Fsp3) is 0.357. The number of nitrogens with zero attached hydrogens (tertiary/aromatic N) is 2. The van der Waals surface area contributed by atoms with Crippen LogP contribution in [0.25, 0.3) is 0 Å². The Balaban J connectivity index is 2.41. The zero-order valence-corrected chi connectivity index (χ0v) is 11.8. The smallest absolute Gasteiger partial charge is 0.129 e.